The lowest BCUT2D eigenvalue weighted by Crippen LogP contribution is -2.22. The number of carbonyl (C=O) groups excluding carboxylic acids is 1. The zero-order chi connectivity index (χ0) is 15.9. The minimum Gasteiger partial charge on any atom is -0.392 e. The van der Waals surface area contributed by atoms with E-state index in [1.807, 2.05) is 48.5 Å². The predicted octanol–water partition coefficient (Wildman–Crippen LogP) is 2.44. The molecular weight excluding hydrogens is 290 g/mol. The first kappa shape index (κ1) is 14.8. The summed E-state index contributed by atoms with van der Waals surface area (Å²) in [4.78, 5) is 18.9. The highest BCUT2D eigenvalue weighted by molar-refractivity contribution is 5.94. The van der Waals surface area contributed by atoms with Crippen LogP contribution in [0.1, 0.15) is 21.5 Å². The molecule has 0 atom stereocenters. The van der Waals surface area contributed by atoms with E-state index in [4.69, 9.17) is 4.84 Å². The minimum absolute atomic E-state index is 0.108. The van der Waals surface area contributed by atoms with Crippen LogP contribution in [0, 0.1) is 0 Å². The molecule has 0 aliphatic carbocycles. The van der Waals surface area contributed by atoms with Gasteiger partial charge in [-0.2, -0.15) is 0 Å². The Morgan fingerprint density at radius 2 is 1.70 bits per heavy atom. The summed E-state index contributed by atoms with van der Waals surface area (Å²) in [6, 6.07) is 19.0. The zero-order valence-corrected chi connectivity index (χ0v) is 12.6. The fraction of sp³-hybridized carbons (Fsp3) is 0.111. The van der Waals surface area contributed by atoms with E-state index in [1.165, 1.54) is 4.85 Å². The molecule has 0 bridgehead atoms. The van der Waals surface area contributed by atoms with Gasteiger partial charge in [0, 0.05) is 17.7 Å². The van der Waals surface area contributed by atoms with E-state index < -0.39 is 0 Å². The van der Waals surface area contributed by atoms with Gasteiger partial charge in [-0.3, -0.25) is 4.79 Å². The fourth-order valence-corrected chi connectivity index (χ4v) is 2.09. The third-order valence-electron chi connectivity index (χ3n) is 3.31. The third-order valence-corrected chi connectivity index (χ3v) is 3.31. The zero-order valence-electron chi connectivity index (χ0n) is 12.6. The first-order valence-electron chi connectivity index (χ1n) is 7.35. The number of carbonyl (C=O) groups is 1. The minimum atomic E-state index is -0.108. The van der Waals surface area contributed by atoms with Crippen LogP contribution in [0.4, 0.5) is 0 Å². The van der Waals surface area contributed by atoms with Crippen molar-refractivity contribution in [2.45, 2.75) is 13.2 Å². The molecule has 1 heterocycles. The molecule has 23 heavy (non-hydrogen) atoms. The number of benzene rings is 2. The molecule has 0 spiro atoms. The number of hydrogen-bond donors (Lipinski definition) is 1. The molecule has 3 rings (SSSR count). The number of rotatable bonds is 6. The topological polar surface area (TPSA) is 56.2 Å². The molecule has 116 valence electrons. The van der Waals surface area contributed by atoms with Crippen LogP contribution in [-0.4, -0.2) is 15.9 Å². The largest absolute Gasteiger partial charge is 0.392 e. The van der Waals surface area contributed by atoms with Gasteiger partial charge in [-0.05, 0) is 17.7 Å². The maximum absolute atomic E-state index is 12.0. The average Bonchev–Trinajstić information content (AvgIpc) is 3.07. The summed E-state index contributed by atoms with van der Waals surface area (Å²) in [6.45, 7) is 0.848. The average molecular weight is 307 g/mol. The van der Waals surface area contributed by atoms with Gasteiger partial charge in [0.05, 0.1) is 12.4 Å². The van der Waals surface area contributed by atoms with Crippen LogP contribution in [0.2, 0.25) is 0 Å². The van der Waals surface area contributed by atoms with E-state index in [0.717, 1.165) is 11.1 Å². The van der Waals surface area contributed by atoms with Gasteiger partial charge in [0.1, 0.15) is 6.61 Å². The number of nitrogens with zero attached hydrogens (tertiary/aromatic N) is 2. The summed E-state index contributed by atoms with van der Waals surface area (Å²) in [5.74, 6) is -0.108. The van der Waals surface area contributed by atoms with E-state index >= 15 is 0 Å². The molecule has 0 fully saturated rings. The van der Waals surface area contributed by atoms with Crippen molar-refractivity contribution in [2.75, 3.05) is 0 Å². The van der Waals surface area contributed by atoms with Gasteiger partial charge in [0.2, 0.25) is 0 Å². The van der Waals surface area contributed by atoms with Gasteiger partial charge in [-0.25, -0.2) is 0 Å². The molecule has 0 radical (unpaired) electrons. The smallest absolute Gasteiger partial charge is 0.251 e. The Bertz CT molecular complexity index is 754. The summed E-state index contributed by atoms with van der Waals surface area (Å²) in [7, 11) is 0. The van der Waals surface area contributed by atoms with Crippen molar-refractivity contribution in [3.05, 3.63) is 89.7 Å². The van der Waals surface area contributed by atoms with Gasteiger partial charge < -0.3 is 10.2 Å². The lowest BCUT2D eigenvalue weighted by molar-refractivity contribution is 0.0698. The van der Waals surface area contributed by atoms with Crippen LogP contribution in [0.5, 0.6) is 0 Å². The van der Waals surface area contributed by atoms with Crippen LogP contribution in [0.25, 0.3) is 0 Å². The number of nitrogens with one attached hydrogen (secondary N) is 1. The van der Waals surface area contributed by atoms with Gasteiger partial charge in [-0.1, -0.05) is 48.5 Å². The highest BCUT2D eigenvalue weighted by Gasteiger charge is 2.05. The van der Waals surface area contributed by atoms with Crippen molar-refractivity contribution in [3.63, 3.8) is 0 Å². The molecule has 1 N–H and O–H groups in total. The summed E-state index contributed by atoms with van der Waals surface area (Å²) in [5.41, 5.74) is 2.59. The molecule has 0 aliphatic rings. The second-order valence-corrected chi connectivity index (χ2v) is 5.06. The molecule has 3 aromatic rings. The van der Waals surface area contributed by atoms with E-state index in [1.54, 1.807) is 24.5 Å². The predicted molar refractivity (Wildman–Crippen MR) is 86.6 cm³/mol. The lowest BCUT2D eigenvalue weighted by atomic mass is 10.2. The normalized spacial score (nSPS) is 10.3. The second-order valence-electron chi connectivity index (χ2n) is 5.06. The van der Waals surface area contributed by atoms with Crippen LogP contribution >= 0.6 is 0 Å². The molecule has 2 aromatic carbocycles. The molecule has 1 aromatic heterocycles. The second kappa shape index (κ2) is 7.26. The van der Waals surface area contributed by atoms with Crippen molar-refractivity contribution in [1.29, 1.82) is 0 Å². The fourth-order valence-electron chi connectivity index (χ4n) is 2.09. The van der Waals surface area contributed by atoms with E-state index in [0.29, 0.717) is 18.7 Å². The van der Waals surface area contributed by atoms with Gasteiger partial charge in [0.15, 0.2) is 0 Å². The van der Waals surface area contributed by atoms with Crippen molar-refractivity contribution in [1.82, 2.24) is 15.3 Å². The Labute approximate surface area is 134 Å². The highest BCUT2D eigenvalue weighted by atomic mass is 16.7. The van der Waals surface area contributed by atoms with E-state index in [9.17, 15) is 4.79 Å². The summed E-state index contributed by atoms with van der Waals surface area (Å²) < 4.78 is 0. The summed E-state index contributed by atoms with van der Waals surface area (Å²) >= 11 is 0. The number of amides is 1. The quantitative estimate of drug-likeness (QED) is 0.761. The first-order chi connectivity index (χ1) is 11.3. The SMILES string of the molecule is O=C(NCc1cnn(OCc2ccccc2)c1)c1ccccc1. The Balaban J connectivity index is 1.50. The van der Waals surface area contributed by atoms with Crippen LogP contribution in [0.3, 0.4) is 0 Å². The molecule has 5 nitrogen and oxygen atoms in total. The maximum atomic E-state index is 12.0. The molecule has 1 amide bonds. The molecular formula is C18H17N3O2. The Morgan fingerprint density at radius 1 is 1.00 bits per heavy atom. The Kier molecular flexibility index (Phi) is 4.69. The van der Waals surface area contributed by atoms with Crippen LogP contribution in [-0.2, 0) is 13.2 Å². The van der Waals surface area contributed by atoms with Gasteiger partial charge in [0.25, 0.3) is 5.91 Å². The van der Waals surface area contributed by atoms with Crippen molar-refractivity contribution >= 4 is 5.91 Å². The Hall–Kier alpha value is -3.08. The number of hydrogen-bond acceptors (Lipinski definition) is 3. The van der Waals surface area contributed by atoms with Crippen molar-refractivity contribution < 1.29 is 9.63 Å². The van der Waals surface area contributed by atoms with Gasteiger partial charge in [-0.15, -0.1) is 9.94 Å². The van der Waals surface area contributed by atoms with Crippen molar-refractivity contribution in [3.8, 4) is 0 Å². The van der Waals surface area contributed by atoms with E-state index in [-0.39, 0.29) is 5.91 Å². The van der Waals surface area contributed by atoms with Crippen LogP contribution < -0.4 is 10.2 Å². The summed E-state index contributed by atoms with van der Waals surface area (Å²) in [5, 5.41) is 6.98. The molecule has 0 saturated heterocycles. The highest BCUT2D eigenvalue weighted by Crippen LogP contribution is 2.02. The molecule has 5 heteroatoms. The lowest BCUT2D eigenvalue weighted by Gasteiger charge is -2.05. The van der Waals surface area contributed by atoms with Crippen LogP contribution in [0.15, 0.2) is 73.1 Å². The Morgan fingerprint density at radius 3 is 2.43 bits per heavy atom. The monoisotopic (exact) mass is 307 g/mol. The third kappa shape index (κ3) is 4.20. The van der Waals surface area contributed by atoms with E-state index in [2.05, 4.69) is 10.4 Å². The molecule has 0 saturated carbocycles. The van der Waals surface area contributed by atoms with Gasteiger partial charge >= 0.3 is 0 Å². The standard InChI is InChI=1S/C18H17N3O2/c22-18(17-9-5-2-6-10-17)19-11-16-12-20-21(13-16)23-14-15-7-3-1-4-8-15/h1-10,12-13H,11,14H2,(H,19,22). The molecule has 0 aliphatic heterocycles. The maximum Gasteiger partial charge on any atom is 0.251 e. The first-order valence-corrected chi connectivity index (χ1v) is 7.35. The summed E-state index contributed by atoms with van der Waals surface area (Å²) in [6.07, 6.45) is 3.43. The molecule has 0 unspecified atom stereocenters. The van der Waals surface area contributed by atoms with Crippen molar-refractivity contribution in [2.24, 2.45) is 0 Å². The number of aromatic nitrogens is 2.